The minimum absolute atomic E-state index is 0.108. The molecular weight excluding hydrogens is 180 g/mol. The predicted octanol–water partition coefficient (Wildman–Crippen LogP) is 1.12. The van der Waals surface area contributed by atoms with Gasteiger partial charge in [-0.25, -0.2) is 4.68 Å². The van der Waals surface area contributed by atoms with E-state index in [0.717, 1.165) is 25.1 Å². The van der Waals surface area contributed by atoms with Gasteiger partial charge in [0.1, 0.15) is 6.23 Å². The number of aromatic nitrogens is 2. The van der Waals surface area contributed by atoms with Gasteiger partial charge in [0.05, 0.1) is 5.69 Å². The second-order valence-corrected chi connectivity index (χ2v) is 3.58. The lowest BCUT2D eigenvalue weighted by atomic mass is 10.2. The monoisotopic (exact) mass is 196 g/mol. The summed E-state index contributed by atoms with van der Waals surface area (Å²) in [6.07, 6.45) is 6.07. The van der Waals surface area contributed by atoms with Crippen molar-refractivity contribution in [1.82, 2.24) is 9.78 Å². The molecule has 1 aromatic rings. The van der Waals surface area contributed by atoms with Crippen molar-refractivity contribution in [3.8, 4) is 0 Å². The Bertz CT molecular complexity index is 279. The van der Waals surface area contributed by atoms with E-state index in [1.54, 1.807) is 0 Å². The van der Waals surface area contributed by atoms with Crippen molar-refractivity contribution in [2.75, 3.05) is 13.2 Å². The topological polar surface area (TPSA) is 47.3 Å². The van der Waals surface area contributed by atoms with Gasteiger partial charge in [0, 0.05) is 25.8 Å². The summed E-state index contributed by atoms with van der Waals surface area (Å²) >= 11 is 0. The minimum atomic E-state index is 0.108. The number of ether oxygens (including phenoxy) is 1. The van der Waals surface area contributed by atoms with Crippen LogP contribution in [-0.4, -0.2) is 28.1 Å². The lowest BCUT2D eigenvalue weighted by Gasteiger charge is -2.22. The molecule has 78 valence electrons. The Morgan fingerprint density at radius 1 is 1.57 bits per heavy atom. The zero-order valence-electron chi connectivity index (χ0n) is 8.22. The molecule has 1 unspecified atom stereocenters. The maximum absolute atomic E-state index is 8.76. The Morgan fingerprint density at radius 2 is 2.50 bits per heavy atom. The van der Waals surface area contributed by atoms with Gasteiger partial charge in [-0.2, -0.15) is 5.10 Å². The van der Waals surface area contributed by atoms with Crippen LogP contribution >= 0.6 is 0 Å². The molecule has 0 bridgehead atoms. The largest absolute Gasteiger partial charge is 0.396 e. The number of rotatable bonds is 3. The summed E-state index contributed by atoms with van der Waals surface area (Å²) in [4.78, 5) is 0. The molecule has 14 heavy (non-hydrogen) atoms. The van der Waals surface area contributed by atoms with Gasteiger partial charge in [0.2, 0.25) is 0 Å². The van der Waals surface area contributed by atoms with E-state index in [4.69, 9.17) is 9.84 Å². The third-order valence-electron chi connectivity index (χ3n) is 2.48. The molecule has 1 fully saturated rings. The molecule has 1 aromatic heterocycles. The molecule has 1 atom stereocenters. The predicted molar refractivity (Wildman–Crippen MR) is 51.9 cm³/mol. The Balaban J connectivity index is 2.00. The van der Waals surface area contributed by atoms with Crippen LogP contribution in [0, 0.1) is 0 Å². The van der Waals surface area contributed by atoms with E-state index in [1.165, 1.54) is 6.42 Å². The first-order chi connectivity index (χ1) is 6.90. The smallest absolute Gasteiger partial charge is 0.150 e. The molecule has 0 saturated carbocycles. The van der Waals surface area contributed by atoms with Crippen LogP contribution in [0.4, 0.5) is 0 Å². The highest BCUT2D eigenvalue weighted by Crippen LogP contribution is 2.21. The summed E-state index contributed by atoms with van der Waals surface area (Å²) in [5.41, 5.74) is 0.932. The van der Waals surface area contributed by atoms with Gasteiger partial charge in [-0.1, -0.05) is 0 Å². The molecule has 4 heteroatoms. The van der Waals surface area contributed by atoms with Crippen LogP contribution in [-0.2, 0) is 11.2 Å². The third-order valence-corrected chi connectivity index (χ3v) is 2.48. The van der Waals surface area contributed by atoms with E-state index >= 15 is 0 Å². The molecule has 0 aliphatic carbocycles. The van der Waals surface area contributed by atoms with Gasteiger partial charge >= 0.3 is 0 Å². The minimum Gasteiger partial charge on any atom is -0.396 e. The lowest BCUT2D eigenvalue weighted by Crippen LogP contribution is -2.18. The summed E-state index contributed by atoms with van der Waals surface area (Å²) in [6.45, 7) is 0.988. The van der Waals surface area contributed by atoms with E-state index in [0.29, 0.717) is 6.42 Å². The van der Waals surface area contributed by atoms with Crippen LogP contribution in [0.25, 0.3) is 0 Å². The van der Waals surface area contributed by atoms with Crippen molar-refractivity contribution < 1.29 is 9.84 Å². The van der Waals surface area contributed by atoms with E-state index < -0.39 is 0 Å². The van der Waals surface area contributed by atoms with Crippen LogP contribution in [0.5, 0.6) is 0 Å². The maximum atomic E-state index is 8.76. The number of nitrogens with zero attached hydrogens (tertiary/aromatic N) is 2. The standard InChI is InChI=1S/C10H16N2O2/c13-7-5-9-4-6-12(11-9)10-3-1-2-8-14-10/h4,6,10,13H,1-3,5,7-8H2. The highest BCUT2D eigenvalue weighted by Gasteiger charge is 2.15. The summed E-state index contributed by atoms with van der Waals surface area (Å²) < 4.78 is 7.46. The van der Waals surface area contributed by atoms with Gasteiger partial charge < -0.3 is 9.84 Å². The average molecular weight is 196 g/mol. The van der Waals surface area contributed by atoms with Crippen LogP contribution in [0.1, 0.15) is 31.2 Å². The van der Waals surface area contributed by atoms with E-state index in [9.17, 15) is 0 Å². The van der Waals surface area contributed by atoms with E-state index in [-0.39, 0.29) is 12.8 Å². The van der Waals surface area contributed by atoms with Gasteiger partial charge in [0.15, 0.2) is 0 Å². The fourth-order valence-electron chi connectivity index (χ4n) is 1.72. The molecule has 2 rings (SSSR count). The Kier molecular flexibility index (Phi) is 3.16. The Hall–Kier alpha value is -0.870. The van der Waals surface area contributed by atoms with Gasteiger partial charge in [0.25, 0.3) is 0 Å². The fraction of sp³-hybridized carbons (Fsp3) is 0.700. The second-order valence-electron chi connectivity index (χ2n) is 3.58. The molecule has 2 heterocycles. The highest BCUT2D eigenvalue weighted by atomic mass is 16.5. The van der Waals surface area contributed by atoms with E-state index in [2.05, 4.69) is 5.10 Å². The molecule has 0 amide bonds. The summed E-state index contributed by atoms with van der Waals surface area (Å²) in [7, 11) is 0. The first-order valence-electron chi connectivity index (χ1n) is 5.16. The molecule has 1 aliphatic rings. The van der Waals surface area contributed by atoms with Gasteiger partial charge in [-0.3, -0.25) is 0 Å². The quantitative estimate of drug-likeness (QED) is 0.788. The molecule has 4 nitrogen and oxygen atoms in total. The van der Waals surface area contributed by atoms with Crippen molar-refractivity contribution in [3.63, 3.8) is 0 Å². The Morgan fingerprint density at radius 3 is 3.21 bits per heavy atom. The summed E-state index contributed by atoms with van der Waals surface area (Å²) in [5.74, 6) is 0. The van der Waals surface area contributed by atoms with Crippen LogP contribution < -0.4 is 0 Å². The van der Waals surface area contributed by atoms with Crippen LogP contribution in [0.15, 0.2) is 12.3 Å². The van der Waals surface area contributed by atoms with Crippen molar-refractivity contribution in [1.29, 1.82) is 0 Å². The average Bonchev–Trinajstić information content (AvgIpc) is 2.68. The third kappa shape index (κ3) is 2.13. The summed E-state index contributed by atoms with van der Waals surface area (Å²) in [6, 6.07) is 1.94. The number of hydrogen-bond donors (Lipinski definition) is 1. The van der Waals surface area contributed by atoms with Crippen LogP contribution in [0.2, 0.25) is 0 Å². The molecule has 1 aliphatic heterocycles. The first-order valence-corrected chi connectivity index (χ1v) is 5.16. The van der Waals surface area contributed by atoms with Crippen molar-refractivity contribution in [3.05, 3.63) is 18.0 Å². The fourth-order valence-corrected chi connectivity index (χ4v) is 1.72. The van der Waals surface area contributed by atoms with Crippen LogP contribution in [0.3, 0.4) is 0 Å². The summed E-state index contributed by atoms with van der Waals surface area (Å²) in [5, 5.41) is 13.1. The van der Waals surface area contributed by atoms with Crippen molar-refractivity contribution >= 4 is 0 Å². The highest BCUT2D eigenvalue weighted by molar-refractivity contribution is 4.99. The normalized spacial score (nSPS) is 22.5. The molecule has 0 radical (unpaired) electrons. The molecule has 1 N–H and O–H groups in total. The Labute approximate surface area is 83.5 Å². The van der Waals surface area contributed by atoms with Gasteiger partial charge in [-0.15, -0.1) is 0 Å². The molecule has 0 spiro atoms. The van der Waals surface area contributed by atoms with Crippen molar-refractivity contribution in [2.45, 2.75) is 31.9 Å². The zero-order chi connectivity index (χ0) is 9.80. The maximum Gasteiger partial charge on any atom is 0.150 e. The number of aliphatic hydroxyl groups excluding tert-OH is 1. The second kappa shape index (κ2) is 4.57. The number of aliphatic hydroxyl groups is 1. The lowest BCUT2D eigenvalue weighted by molar-refractivity contribution is -0.0397. The van der Waals surface area contributed by atoms with Gasteiger partial charge in [-0.05, 0) is 25.3 Å². The molecular formula is C10H16N2O2. The molecule has 0 aromatic carbocycles. The SMILES string of the molecule is OCCc1ccn(C2CCCCO2)n1. The zero-order valence-corrected chi connectivity index (χ0v) is 8.22. The van der Waals surface area contributed by atoms with Crippen molar-refractivity contribution in [2.24, 2.45) is 0 Å². The first kappa shape index (κ1) is 9.68. The molecule has 1 saturated heterocycles. The van der Waals surface area contributed by atoms with E-state index in [1.807, 2.05) is 16.9 Å². The number of hydrogen-bond acceptors (Lipinski definition) is 3.